The number of carbonyl (C=O) groups is 2. The molecule has 1 aliphatic rings. The first-order valence-corrected chi connectivity index (χ1v) is 9.44. The Balaban J connectivity index is 1.90. The number of rotatable bonds is 4. The van der Waals surface area contributed by atoms with Crippen molar-refractivity contribution in [1.82, 2.24) is 4.90 Å². The van der Waals surface area contributed by atoms with Crippen LogP contribution in [-0.4, -0.2) is 47.4 Å². The first-order valence-electron chi connectivity index (χ1n) is 8.28. The third kappa shape index (κ3) is 5.24. The Hall–Kier alpha value is -1.53. The number of thioether (sulfide) groups is 1. The molecule has 2 rings (SSSR count). The molecule has 6 heteroatoms. The number of amides is 2. The van der Waals surface area contributed by atoms with Gasteiger partial charge in [0.25, 0.3) is 0 Å². The minimum Gasteiger partial charge on any atom is -0.341 e. The highest BCUT2D eigenvalue weighted by Gasteiger charge is 2.27. The number of nitrogens with zero attached hydrogens (tertiary/aromatic N) is 1. The molecule has 1 saturated heterocycles. The number of benzene rings is 1. The summed E-state index contributed by atoms with van der Waals surface area (Å²) in [6.07, 6.45) is 0.403. The summed E-state index contributed by atoms with van der Waals surface area (Å²) in [5.74, 6) is 2.01. The number of carbonyl (C=O) groups excluding carboxylic acids is 2. The third-order valence-electron chi connectivity index (χ3n) is 4.16. The van der Waals surface area contributed by atoms with Crippen LogP contribution in [0.2, 0.25) is 0 Å². The molecule has 132 valence electrons. The van der Waals surface area contributed by atoms with Crippen molar-refractivity contribution in [3.8, 4) is 0 Å². The summed E-state index contributed by atoms with van der Waals surface area (Å²) in [5.41, 5.74) is 7.32. The van der Waals surface area contributed by atoms with E-state index in [0.717, 1.165) is 30.2 Å². The molecule has 0 aromatic heterocycles. The lowest BCUT2D eigenvalue weighted by atomic mass is 9.87. The fraction of sp³-hybridized carbons (Fsp3) is 0.556. The van der Waals surface area contributed by atoms with Gasteiger partial charge in [0.2, 0.25) is 11.8 Å². The van der Waals surface area contributed by atoms with Crippen LogP contribution in [-0.2, 0) is 16.0 Å². The van der Waals surface area contributed by atoms with Crippen molar-refractivity contribution in [3.63, 3.8) is 0 Å². The molecule has 1 fully saturated rings. The monoisotopic (exact) mass is 349 g/mol. The lowest BCUT2D eigenvalue weighted by Crippen LogP contribution is -2.45. The molecule has 0 bridgehead atoms. The fourth-order valence-electron chi connectivity index (χ4n) is 2.42. The van der Waals surface area contributed by atoms with Gasteiger partial charge in [-0.15, -0.1) is 0 Å². The zero-order chi connectivity index (χ0) is 17.7. The summed E-state index contributed by atoms with van der Waals surface area (Å²) in [4.78, 5) is 26.3. The smallest absolute Gasteiger partial charge is 0.241 e. The third-order valence-corrected chi connectivity index (χ3v) is 5.10. The van der Waals surface area contributed by atoms with E-state index in [-0.39, 0.29) is 17.2 Å². The van der Waals surface area contributed by atoms with Crippen LogP contribution in [0, 0.1) is 5.41 Å². The van der Waals surface area contributed by atoms with E-state index >= 15 is 0 Å². The van der Waals surface area contributed by atoms with Crippen molar-refractivity contribution >= 4 is 29.3 Å². The Bertz CT molecular complexity index is 575. The summed E-state index contributed by atoms with van der Waals surface area (Å²) in [6.45, 7) is 7.48. The first-order chi connectivity index (χ1) is 11.3. The van der Waals surface area contributed by atoms with Crippen LogP contribution in [0.5, 0.6) is 0 Å². The minimum absolute atomic E-state index is 0.168. The lowest BCUT2D eigenvalue weighted by molar-refractivity contribution is -0.130. The number of nitrogens with one attached hydrogen (secondary N) is 1. The number of hydrogen-bond donors (Lipinski definition) is 2. The van der Waals surface area contributed by atoms with Gasteiger partial charge in [-0.05, 0) is 23.1 Å². The van der Waals surface area contributed by atoms with E-state index in [0.29, 0.717) is 12.1 Å². The summed E-state index contributed by atoms with van der Waals surface area (Å²) in [6, 6.07) is 6.84. The van der Waals surface area contributed by atoms with E-state index in [4.69, 9.17) is 5.73 Å². The average Bonchev–Trinajstić information content (AvgIpc) is 2.55. The summed E-state index contributed by atoms with van der Waals surface area (Å²) < 4.78 is 0. The zero-order valence-corrected chi connectivity index (χ0v) is 15.5. The van der Waals surface area contributed by atoms with Gasteiger partial charge in [-0.1, -0.05) is 32.9 Å². The van der Waals surface area contributed by atoms with E-state index in [2.05, 4.69) is 5.32 Å². The van der Waals surface area contributed by atoms with Crippen molar-refractivity contribution in [2.75, 3.05) is 29.9 Å². The summed E-state index contributed by atoms with van der Waals surface area (Å²) in [5, 5.41) is 2.83. The largest absolute Gasteiger partial charge is 0.341 e. The predicted octanol–water partition coefficient (Wildman–Crippen LogP) is 2.12. The molecule has 1 aromatic rings. The van der Waals surface area contributed by atoms with Gasteiger partial charge in [-0.25, -0.2) is 0 Å². The van der Waals surface area contributed by atoms with Gasteiger partial charge in [0.05, 0.1) is 12.5 Å². The number of nitrogens with two attached hydrogens (primary N) is 1. The van der Waals surface area contributed by atoms with Crippen LogP contribution in [0.1, 0.15) is 26.3 Å². The Morgan fingerprint density at radius 3 is 2.33 bits per heavy atom. The van der Waals surface area contributed by atoms with Gasteiger partial charge >= 0.3 is 0 Å². The molecular formula is C18H27N3O2S. The fourth-order valence-corrected chi connectivity index (χ4v) is 3.32. The van der Waals surface area contributed by atoms with Gasteiger partial charge in [-0.2, -0.15) is 11.8 Å². The van der Waals surface area contributed by atoms with Gasteiger partial charge < -0.3 is 16.0 Å². The predicted molar refractivity (Wildman–Crippen MR) is 100 cm³/mol. The number of hydrogen-bond acceptors (Lipinski definition) is 4. The van der Waals surface area contributed by atoms with Crippen molar-refractivity contribution in [2.45, 2.75) is 33.2 Å². The van der Waals surface area contributed by atoms with E-state index in [1.807, 2.05) is 61.7 Å². The second-order valence-electron chi connectivity index (χ2n) is 7.20. The highest BCUT2D eigenvalue weighted by Crippen LogP contribution is 2.19. The number of anilines is 1. The normalized spacial score (nSPS) is 16.6. The van der Waals surface area contributed by atoms with Crippen molar-refractivity contribution < 1.29 is 9.59 Å². The standard InChI is InChI=1S/C18H27N3O2S/c1-18(2,3)16(19)17(23)20-14-6-4-13(5-7-14)12-15(22)21-8-10-24-11-9-21/h4-7,16H,8-12,19H2,1-3H3,(H,20,23)/t16-/m1/s1. The molecular weight excluding hydrogens is 322 g/mol. The van der Waals surface area contributed by atoms with Gasteiger partial charge in [0.1, 0.15) is 0 Å². The Morgan fingerprint density at radius 1 is 1.21 bits per heavy atom. The average molecular weight is 350 g/mol. The maximum absolute atomic E-state index is 12.3. The van der Waals surface area contributed by atoms with Gasteiger partial charge in [-0.3, -0.25) is 9.59 Å². The maximum atomic E-state index is 12.3. The van der Waals surface area contributed by atoms with Crippen LogP contribution >= 0.6 is 11.8 Å². The molecule has 5 nitrogen and oxygen atoms in total. The quantitative estimate of drug-likeness (QED) is 0.873. The van der Waals surface area contributed by atoms with Crippen molar-refractivity contribution in [2.24, 2.45) is 11.1 Å². The molecule has 1 aromatic carbocycles. The molecule has 1 atom stereocenters. The van der Waals surface area contributed by atoms with Crippen LogP contribution < -0.4 is 11.1 Å². The molecule has 0 unspecified atom stereocenters. The highest BCUT2D eigenvalue weighted by molar-refractivity contribution is 7.99. The van der Waals surface area contributed by atoms with E-state index < -0.39 is 6.04 Å². The molecule has 2 amide bonds. The van der Waals surface area contributed by atoms with Crippen LogP contribution in [0.3, 0.4) is 0 Å². The molecule has 3 N–H and O–H groups in total. The molecule has 0 saturated carbocycles. The molecule has 1 heterocycles. The highest BCUT2D eigenvalue weighted by atomic mass is 32.2. The van der Waals surface area contributed by atoms with Crippen LogP contribution in [0.4, 0.5) is 5.69 Å². The topological polar surface area (TPSA) is 75.4 Å². The summed E-state index contributed by atoms with van der Waals surface area (Å²) in [7, 11) is 0. The van der Waals surface area contributed by atoms with E-state index in [9.17, 15) is 9.59 Å². The minimum atomic E-state index is -0.573. The molecule has 0 radical (unpaired) electrons. The Morgan fingerprint density at radius 2 is 1.79 bits per heavy atom. The van der Waals surface area contributed by atoms with Crippen LogP contribution in [0.15, 0.2) is 24.3 Å². The van der Waals surface area contributed by atoms with E-state index in [1.54, 1.807) is 0 Å². The van der Waals surface area contributed by atoms with E-state index in [1.165, 1.54) is 0 Å². The van der Waals surface area contributed by atoms with Crippen molar-refractivity contribution in [1.29, 1.82) is 0 Å². The lowest BCUT2D eigenvalue weighted by Gasteiger charge is -2.26. The first kappa shape index (κ1) is 18.8. The maximum Gasteiger partial charge on any atom is 0.241 e. The molecule has 0 aliphatic carbocycles. The van der Waals surface area contributed by atoms with Crippen LogP contribution in [0.25, 0.3) is 0 Å². The second kappa shape index (κ2) is 8.03. The zero-order valence-electron chi connectivity index (χ0n) is 14.7. The Kier molecular flexibility index (Phi) is 6.29. The molecule has 1 aliphatic heterocycles. The van der Waals surface area contributed by atoms with Crippen molar-refractivity contribution in [3.05, 3.63) is 29.8 Å². The second-order valence-corrected chi connectivity index (χ2v) is 8.42. The summed E-state index contributed by atoms with van der Waals surface area (Å²) >= 11 is 1.89. The Labute approximate surface area is 148 Å². The molecule has 24 heavy (non-hydrogen) atoms. The molecule has 0 spiro atoms. The van der Waals surface area contributed by atoms with Gasteiger partial charge in [0, 0.05) is 30.3 Å². The van der Waals surface area contributed by atoms with Gasteiger partial charge in [0.15, 0.2) is 0 Å². The SMILES string of the molecule is CC(C)(C)[C@H](N)C(=O)Nc1ccc(CC(=O)N2CCSCC2)cc1.